The minimum absolute atomic E-state index is 0.184. The highest BCUT2D eigenvalue weighted by atomic mass is 16.1. The number of nitrogens with zero attached hydrogens (tertiary/aromatic N) is 1. The Kier molecular flexibility index (Phi) is 3.27. The molecule has 0 saturated heterocycles. The second kappa shape index (κ2) is 4.87. The lowest BCUT2D eigenvalue weighted by atomic mass is 10.2. The van der Waals surface area contributed by atoms with Crippen molar-refractivity contribution < 1.29 is 0 Å². The zero-order valence-electron chi connectivity index (χ0n) is 10.2. The van der Waals surface area contributed by atoms with Crippen LogP contribution in [0.1, 0.15) is 19.5 Å². The van der Waals surface area contributed by atoms with E-state index in [0.29, 0.717) is 5.69 Å². The van der Waals surface area contributed by atoms with Gasteiger partial charge in [0.25, 0.3) is 11.1 Å². The number of aromatic nitrogens is 4. The Labute approximate surface area is 102 Å². The first-order valence-electron chi connectivity index (χ1n) is 5.61. The van der Waals surface area contributed by atoms with Crippen LogP contribution in [-0.4, -0.2) is 19.9 Å². The minimum atomic E-state index is -0.337. The lowest BCUT2D eigenvalue weighted by Crippen LogP contribution is -2.47. The molecule has 18 heavy (non-hydrogen) atoms. The second-order valence-corrected chi connectivity index (χ2v) is 4.30. The van der Waals surface area contributed by atoms with Gasteiger partial charge in [0.2, 0.25) is 0 Å². The fourth-order valence-corrected chi connectivity index (χ4v) is 1.55. The van der Waals surface area contributed by atoms with E-state index < -0.39 is 0 Å². The van der Waals surface area contributed by atoms with E-state index in [1.54, 1.807) is 12.3 Å². The summed E-state index contributed by atoms with van der Waals surface area (Å²) in [6.07, 6.45) is 6.30. The number of hydrogen-bond donors (Lipinski definition) is 3. The smallest absolute Gasteiger partial charge is 0.272 e. The third-order valence-electron chi connectivity index (χ3n) is 2.30. The molecule has 0 bridgehead atoms. The number of nitrogens with one attached hydrogen (secondary N) is 3. The van der Waals surface area contributed by atoms with E-state index in [0.717, 1.165) is 0 Å². The predicted octanol–water partition coefficient (Wildman–Crippen LogP) is -0.948. The second-order valence-electron chi connectivity index (χ2n) is 4.30. The van der Waals surface area contributed by atoms with Crippen molar-refractivity contribution in [3.05, 3.63) is 49.6 Å². The number of aromatic amines is 3. The Morgan fingerprint density at radius 2 is 1.83 bits per heavy atom. The molecule has 0 amide bonds. The van der Waals surface area contributed by atoms with Gasteiger partial charge in [-0.15, -0.1) is 0 Å². The summed E-state index contributed by atoms with van der Waals surface area (Å²) in [5.41, 5.74) is 0.00176. The van der Waals surface area contributed by atoms with E-state index in [9.17, 15) is 9.59 Å². The first-order chi connectivity index (χ1) is 8.56. The molecule has 0 radical (unpaired) electrons. The topological polar surface area (TPSA) is 94.4 Å². The van der Waals surface area contributed by atoms with E-state index in [1.807, 2.05) is 13.8 Å². The summed E-state index contributed by atoms with van der Waals surface area (Å²) < 4.78 is 0. The van der Waals surface area contributed by atoms with Gasteiger partial charge in [0.15, 0.2) is 0 Å². The molecule has 94 valence electrons. The molecule has 2 aromatic heterocycles. The molecule has 0 aromatic carbocycles. The van der Waals surface area contributed by atoms with Crippen LogP contribution in [0.25, 0.3) is 12.2 Å². The molecule has 6 heteroatoms. The van der Waals surface area contributed by atoms with Crippen LogP contribution in [-0.2, 0) is 0 Å². The molecule has 0 saturated carbocycles. The summed E-state index contributed by atoms with van der Waals surface area (Å²) in [6, 6.07) is 0. The van der Waals surface area contributed by atoms with Gasteiger partial charge in [-0.25, -0.2) is 4.98 Å². The maximum Gasteiger partial charge on any atom is 0.272 e. The van der Waals surface area contributed by atoms with Gasteiger partial charge in [0.1, 0.15) is 10.7 Å². The summed E-state index contributed by atoms with van der Waals surface area (Å²) in [6.45, 7) is 3.87. The highest BCUT2D eigenvalue weighted by Crippen LogP contribution is 1.89. The Hall–Kier alpha value is -2.37. The zero-order valence-corrected chi connectivity index (χ0v) is 10.2. The van der Waals surface area contributed by atoms with Crippen molar-refractivity contribution in [1.29, 1.82) is 0 Å². The van der Waals surface area contributed by atoms with Crippen LogP contribution < -0.4 is 21.8 Å². The van der Waals surface area contributed by atoms with E-state index in [4.69, 9.17) is 0 Å². The van der Waals surface area contributed by atoms with Crippen LogP contribution in [0.15, 0.2) is 22.1 Å². The normalized spacial score (nSPS) is 13.5. The average Bonchev–Trinajstić information content (AvgIpc) is 2.77. The molecule has 0 aliphatic rings. The van der Waals surface area contributed by atoms with Crippen LogP contribution in [0.4, 0.5) is 0 Å². The Bertz CT molecular complexity index is 751. The molecular formula is C12H14N4O2. The summed E-state index contributed by atoms with van der Waals surface area (Å²) in [5.74, 6) is 0.184. The van der Waals surface area contributed by atoms with Crippen LogP contribution in [0.3, 0.4) is 0 Å². The Morgan fingerprint density at radius 3 is 2.44 bits per heavy atom. The molecule has 0 unspecified atom stereocenters. The largest absolute Gasteiger partial charge is 0.345 e. The van der Waals surface area contributed by atoms with Crippen molar-refractivity contribution in [3.63, 3.8) is 0 Å². The fourth-order valence-electron chi connectivity index (χ4n) is 1.55. The van der Waals surface area contributed by atoms with E-state index >= 15 is 0 Å². The quantitative estimate of drug-likeness (QED) is 0.637. The summed E-state index contributed by atoms with van der Waals surface area (Å²) in [5, 5.41) is 0.488. The zero-order chi connectivity index (χ0) is 13.1. The highest BCUT2D eigenvalue weighted by molar-refractivity contribution is 5.41. The number of hydrogen-bond acceptors (Lipinski definition) is 3. The number of rotatable bonds is 2. The average molecular weight is 246 g/mol. The summed E-state index contributed by atoms with van der Waals surface area (Å²) >= 11 is 0. The van der Waals surface area contributed by atoms with Gasteiger partial charge in [-0.2, -0.15) is 0 Å². The van der Waals surface area contributed by atoms with Gasteiger partial charge < -0.3 is 15.0 Å². The third-order valence-corrected chi connectivity index (χ3v) is 2.30. The molecule has 3 N–H and O–H groups in total. The van der Waals surface area contributed by atoms with Crippen molar-refractivity contribution in [2.75, 3.05) is 0 Å². The van der Waals surface area contributed by atoms with Gasteiger partial charge in [-0.1, -0.05) is 19.9 Å². The van der Waals surface area contributed by atoms with Crippen LogP contribution in [0, 0.1) is 5.92 Å². The van der Waals surface area contributed by atoms with E-state index in [-0.39, 0.29) is 27.7 Å². The van der Waals surface area contributed by atoms with Crippen molar-refractivity contribution in [2.24, 2.45) is 5.92 Å². The standard InChI is InChI=1S/C12H14N4O2/c1-7(2)3-9-11(17)16-10(12(18)15-9)4-8-5-13-6-14-8/h3-7H,1-2H3,(H,13,14)(H,15,18)(H,16,17)/b9-3-,10-4+. The lowest BCUT2D eigenvalue weighted by Gasteiger charge is -1.93. The molecule has 0 fully saturated rings. The van der Waals surface area contributed by atoms with Crippen LogP contribution in [0.2, 0.25) is 0 Å². The molecule has 2 rings (SSSR count). The monoisotopic (exact) mass is 246 g/mol. The Balaban J connectivity index is 2.65. The molecular weight excluding hydrogens is 232 g/mol. The molecule has 2 heterocycles. The van der Waals surface area contributed by atoms with Crippen LogP contribution in [0.5, 0.6) is 0 Å². The minimum Gasteiger partial charge on any atom is -0.345 e. The fraction of sp³-hybridized carbons (Fsp3) is 0.250. The first kappa shape index (κ1) is 12.1. The molecule has 0 aliphatic heterocycles. The maximum atomic E-state index is 11.8. The third kappa shape index (κ3) is 2.65. The SMILES string of the molecule is CC(C)/C=c1\[nH]c(=O)/c(=C\c2cnc[nH]2)[nH]c1=O. The van der Waals surface area contributed by atoms with Gasteiger partial charge in [0, 0.05) is 0 Å². The van der Waals surface area contributed by atoms with Gasteiger partial charge >= 0.3 is 0 Å². The summed E-state index contributed by atoms with van der Waals surface area (Å²) in [4.78, 5) is 35.3. The van der Waals surface area contributed by atoms with Crippen molar-refractivity contribution in [3.8, 4) is 0 Å². The maximum absolute atomic E-state index is 11.8. The van der Waals surface area contributed by atoms with Crippen molar-refractivity contribution in [1.82, 2.24) is 19.9 Å². The summed E-state index contributed by atoms with van der Waals surface area (Å²) in [7, 11) is 0. The highest BCUT2D eigenvalue weighted by Gasteiger charge is 1.97. The molecule has 0 spiro atoms. The Morgan fingerprint density at radius 1 is 1.17 bits per heavy atom. The van der Waals surface area contributed by atoms with Gasteiger partial charge in [-0.05, 0) is 12.0 Å². The molecule has 6 nitrogen and oxygen atoms in total. The predicted molar refractivity (Wildman–Crippen MR) is 68.4 cm³/mol. The van der Waals surface area contributed by atoms with Crippen molar-refractivity contribution in [2.45, 2.75) is 13.8 Å². The number of H-pyrrole nitrogens is 3. The first-order valence-corrected chi connectivity index (χ1v) is 5.61. The van der Waals surface area contributed by atoms with Crippen molar-refractivity contribution >= 4 is 12.2 Å². The molecule has 0 atom stereocenters. The lowest BCUT2D eigenvalue weighted by molar-refractivity contribution is 0.866. The van der Waals surface area contributed by atoms with E-state index in [2.05, 4.69) is 19.9 Å². The molecule has 2 aromatic rings. The van der Waals surface area contributed by atoms with E-state index in [1.165, 1.54) is 12.4 Å². The van der Waals surface area contributed by atoms with Gasteiger partial charge in [-0.3, -0.25) is 9.59 Å². The number of imidazole rings is 1. The van der Waals surface area contributed by atoms with Gasteiger partial charge in [0.05, 0.1) is 18.2 Å². The molecule has 0 aliphatic carbocycles. The van der Waals surface area contributed by atoms with Crippen LogP contribution >= 0.6 is 0 Å².